The quantitative estimate of drug-likeness (QED) is 0.707. The van der Waals surface area contributed by atoms with Crippen molar-refractivity contribution < 1.29 is 22.7 Å². The molecule has 2 aromatic rings. The van der Waals surface area contributed by atoms with E-state index in [-0.39, 0.29) is 16.5 Å². The van der Waals surface area contributed by atoms with Gasteiger partial charge in [0, 0.05) is 11.7 Å². The predicted molar refractivity (Wildman–Crippen MR) is 102 cm³/mol. The molecule has 0 saturated heterocycles. The van der Waals surface area contributed by atoms with Crippen LogP contribution in [0.5, 0.6) is 0 Å². The van der Waals surface area contributed by atoms with Gasteiger partial charge in [-0.3, -0.25) is 4.79 Å². The van der Waals surface area contributed by atoms with Gasteiger partial charge < -0.3 is 10.1 Å². The van der Waals surface area contributed by atoms with Crippen molar-refractivity contribution in [3.63, 3.8) is 0 Å². The van der Waals surface area contributed by atoms with Crippen molar-refractivity contribution in [1.82, 2.24) is 4.72 Å². The number of amides is 1. The molecule has 0 aromatic heterocycles. The molecule has 144 valence electrons. The van der Waals surface area contributed by atoms with Gasteiger partial charge in [-0.15, -0.1) is 0 Å². The van der Waals surface area contributed by atoms with E-state index in [1.807, 2.05) is 13.0 Å². The maximum absolute atomic E-state index is 12.2. The van der Waals surface area contributed by atoms with E-state index in [0.29, 0.717) is 5.69 Å². The fraction of sp³-hybridized carbons (Fsp3) is 0.263. The van der Waals surface area contributed by atoms with Crippen LogP contribution in [0.25, 0.3) is 0 Å². The predicted octanol–water partition coefficient (Wildman–Crippen LogP) is 2.48. The lowest BCUT2D eigenvalue weighted by Crippen LogP contribution is -2.30. The van der Waals surface area contributed by atoms with Gasteiger partial charge in [-0.25, -0.2) is 17.9 Å². The average molecular weight is 390 g/mol. The smallest absolute Gasteiger partial charge is 0.338 e. The molecule has 0 spiro atoms. The van der Waals surface area contributed by atoms with Crippen molar-refractivity contribution in [2.45, 2.75) is 31.7 Å². The molecule has 0 saturated carbocycles. The normalized spacial score (nSPS) is 11.3. The van der Waals surface area contributed by atoms with Gasteiger partial charge in [-0.1, -0.05) is 18.2 Å². The van der Waals surface area contributed by atoms with Gasteiger partial charge in [0.05, 0.1) is 10.5 Å². The minimum Gasteiger partial charge on any atom is -0.452 e. The van der Waals surface area contributed by atoms with Crippen LogP contribution < -0.4 is 10.0 Å². The highest BCUT2D eigenvalue weighted by Crippen LogP contribution is 2.13. The summed E-state index contributed by atoms with van der Waals surface area (Å²) in [6.07, 6.45) is 0. The molecule has 0 heterocycles. The molecule has 2 N–H and O–H groups in total. The van der Waals surface area contributed by atoms with Crippen LogP contribution in [0.1, 0.15) is 29.8 Å². The highest BCUT2D eigenvalue weighted by atomic mass is 32.2. The third kappa shape index (κ3) is 6.19. The Morgan fingerprint density at radius 1 is 1.07 bits per heavy atom. The van der Waals surface area contributed by atoms with Gasteiger partial charge in [-0.2, -0.15) is 0 Å². The van der Waals surface area contributed by atoms with Crippen LogP contribution in [0.15, 0.2) is 53.4 Å². The molecule has 0 atom stereocenters. The molecule has 1 amide bonds. The molecule has 0 radical (unpaired) electrons. The third-order valence-corrected chi connectivity index (χ3v) is 5.06. The van der Waals surface area contributed by atoms with E-state index in [1.165, 1.54) is 24.3 Å². The van der Waals surface area contributed by atoms with Gasteiger partial charge in [-0.05, 0) is 56.7 Å². The molecular formula is C19H22N2O5S. The van der Waals surface area contributed by atoms with Crippen molar-refractivity contribution in [3.05, 3.63) is 59.7 Å². The van der Waals surface area contributed by atoms with Crippen LogP contribution in [0, 0.1) is 6.92 Å². The summed E-state index contributed by atoms with van der Waals surface area (Å²) in [6.45, 7) is 4.81. The topological polar surface area (TPSA) is 102 Å². The SMILES string of the molecule is Cc1cccc(NC(=O)COC(=O)c2cccc(S(=O)(=O)NC(C)C)c2)c1. The zero-order chi connectivity index (χ0) is 20.0. The second-order valence-electron chi connectivity index (χ2n) is 6.30. The molecule has 0 aliphatic rings. The Balaban J connectivity index is 2.00. The molecule has 0 unspecified atom stereocenters. The number of esters is 1. The summed E-state index contributed by atoms with van der Waals surface area (Å²) in [4.78, 5) is 24.0. The average Bonchev–Trinajstić information content (AvgIpc) is 2.59. The molecule has 7 nitrogen and oxygen atoms in total. The summed E-state index contributed by atoms with van der Waals surface area (Å²) in [7, 11) is -3.73. The lowest BCUT2D eigenvalue weighted by Gasteiger charge is -2.11. The molecule has 2 rings (SSSR count). The van der Waals surface area contributed by atoms with Crippen molar-refractivity contribution in [2.24, 2.45) is 0 Å². The molecule has 0 fully saturated rings. The summed E-state index contributed by atoms with van der Waals surface area (Å²) in [6, 6.07) is 12.4. The Bertz CT molecular complexity index is 939. The summed E-state index contributed by atoms with van der Waals surface area (Å²) >= 11 is 0. The minimum absolute atomic E-state index is 0.0463. The van der Waals surface area contributed by atoms with E-state index in [9.17, 15) is 18.0 Å². The highest BCUT2D eigenvalue weighted by Gasteiger charge is 2.18. The Morgan fingerprint density at radius 3 is 2.44 bits per heavy atom. The number of carbonyl (C=O) groups excluding carboxylic acids is 2. The van der Waals surface area contributed by atoms with Crippen LogP contribution >= 0.6 is 0 Å². The maximum Gasteiger partial charge on any atom is 0.338 e. The zero-order valence-corrected chi connectivity index (χ0v) is 16.2. The molecule has 8 heteroatoms. The van der Waals surface area contributed by atoms with Gasteiger partial charge in [0.15, 0.2) is 6.61 Å². The number of aryl methyl sites for hydroxylation is 1. The molecule has 27 heavy (non-hydrogen) atoms. The summed E-state index contributed by atoms with van der Waals surface area (Å²) in [5.41, 5.74) is 1.63. The lowest BCUT2D eigenvalue weighted by molar-refractivity contribution is -0.119. The number of rotatable bonds is 7. The number of ether oxygens (including phenoxy) is 1. The van der Waals surface area contributed by atoms with Crippen molar-refractivity contribution in [2.75, 3.05) is 11.9 Å². The number of carbonyl (C=O) groups is 2. The molecule has 0 aliphatic heterocycles. The van der Waals surface area contributed by atoms with Gasteiger partial charge >= 0.3 is 5.97 Å². The summed E-state index contributed by atoms with van der Waals surface area (Å²) in [5.74, 6) is -1.27. The number of benzene rings is 2. The van der Waals surface area contributed by atoms with Crippen molar-refractivity contribution >= 4 is 27.6 Å². The van der Waals surface area contributed by atoms with E-state index < -0.39 is 28.5 Å². The van der Waals surface area contributed by atoms with Crippen LogP contribution in [0.4, 0.5) is 5.69 Å². The van der Waals surface area contributed by atoms with E-state index >= 15 is 0 Å². The van der Waals surface area contributed by atoms with Crippen LogP contribution in [0.2, 0.25) is 0 Å². The van der Waals surface area contributed by atoms with E-state index in [0.717, 1.165) is 5.56 Å². The van der Waals surface area contributed by atoms with Gasteiger partial charge in [0.1, 0.15) is 0 Å². The first-order chi connectivity index (χ1) is 12.7. The van der Waals surface area contributed by atoms with E-state index in [1.54, 1.807) is 32.0 Å². The fourth-order valence-corrected chi connectivity index (χ4v) is 3.60. The molecule has 0 aliphatic carbocycles. The van der Waals surface area contributed by atoms with E-state index in [4.69, 9.17) is 4.74 Å². The number of sulfonamides is 1. The highest BCUT2D eigenvalue weighted by molar-refractivity contribution is 7.89. The molecule has 0 bridgehead atoms. The number of nitrogens with one attached hydrogen (secondary N) is 2. The Hall–Kier alpha value is -2.71. The fourth-order valence-electron chi connectivity index (χ4n) is 2.30. The summed E-state index contributed by atoms with van der Waals surface area (Å²) < 4.78 is 31.8. The molecule has 2 aromatic carbocycles. The lowest BCUT2D eigenvalue weighted by atomic mass is 10.2. The van der Waals surface area contributed by atoms with Gasteiger partial charge in [0.25, 0.3) is 5.91 Å². The van der Waals surface area contributed by atoms with E-state index in [2.05, 4.69) is 10.0 Å². The Kier molecular flexibility index (Phi) is 6.70. The van der Waals surface area contributed by atoms with Crippen LogP contribution in [0.3, 0.4) is 0 Å². The largest absolute Gasteiger partial charge is 0.452 e. The maximum atomic E-state index is 12.2. The summed E-state index contributed by atoms with van der Waals surface area (Å²) in [5, 5.41) is 2.62. The van der Waals surface area contributed by atoms with Crippen LogP contribution in [-0.2, 0) is 19.6 Å². The number of hydrogen-bond donors (Lipinski definition) is 2. The minimum atomic E-state index is -3.73. The second-order valence-corrected chi connectivity index (χ2v) is 8.01. The first-order valence-electron chi connectivity index (χ1n) is 8.33. The number of anilines is 1. The Labute approximate surface area is 158 Å². The third-order valence-electron chi connectivity index (χ3n) is 3.41. The molecular weight excluding hydrogens is 368 g/mol. The zero-order valence-electron chi connectivity index (χ0n) is 15.4. The standard InChI is InChI=1S/C19H22N2O5S/c1-13(2)21-27(24,25)17-9-5-7-15(11-17)19(23)26-12-18(22)20-16-8-4-6-14(3)10-16/h4-11,13,21H,12H2,1-3H3,(H,20,22). The first kappa shape index (κ1) is 20.6. The monoisotopic (exact) mass is 390 g/mol. The van der Waals surface area contributed by atoms with Crippen molar-refractivity contribution in [1.29, 1.82) is 0 Å². The van der Waals surface area contributed by atoms with Crippen molar-refractivity contribution in [3.8, 4) is 0 Å². The van der Waals surface area contributed by atoms with Gasteiger partial charge in [0.2, 0.25) is 10.0 Å². The second kappa shape index (κ2) is 8.79. The van der Waals surface area contributed by atoms with Crippen LogP contribution in [-0.4, -0.2) is 32.9 Å². The number of hydrogen-bond acceptors (Lipinski definition) is 5. The Morgan fingerprint density at radius 2 is 1.78 bits per heavy atom. The first-order valence-corrected chi connectivity index (χ1v) is 9.82.